The molecule has 2 aromatic carbocycles. The van der Waals surface area contributed by atoms with E-state index in [4.69, 9.17) is 4.74 Å². The Bertz CT molecular complexity index is 581. The molecule has 0 unspecified atom stereocenters. The number of rotatable bonds is 6. The third-order valence-corrected chi connectivity index (χ3v) is 3.46. The summed E-state index contributed by atoms with van der Waals surface area (Å²) in [6.45, 7) is 0.468. The maximum absolute atomic E-state index is 12.7. The van der Waals surface area contributed by atoms with Crippen molar-refractivity contribution in [3.8, 4) is 5.75 Å². The van der Waals surface area contributed by atoms with Crippen molar-refractivity contribution in [3.05, 3.63) is 64.4 Å². The Balaban J connectivity index is 1.77. The monoisotopic (exact) mass is 336 g/mol. The Kier molecular flexibility index (Phi) is 5.30. The maximum Gasteiger partial charge on any atom is 0.163 e. The molecule has 0 aromatic heterocycles. The van der Waals surface area contributed by atoms with Crippen LogP contribution >= 0.6 is 15.9 Å². The van der Waals surface area contributed by atoms with Gasteiger partial charge < -0.3 is 4.74 Å². The normalized spacial score (nSPS) is 10.3. The number of ketones is 1. The molecule has 0 aliphatic heterocycles. The molecule has 0 aliphatic rings. The molecule has 0 heterocycles. The molecular weight excluding hydrogens is 323 g/mol. The van der Waals surface area contributed by atoms with Crippen molar-refractivity contribution in [2.24, 2.45) is 0 Å². The first-order valence-electron chi connectivity index (χ1n) is 6.33. The van der Waals surface area contributed by atoms with E-state index in [0.717, 1.165) is 10.2 Å². The molecule has 2 nitrogen and oxygen atoms in total. The Morgan fingerprint density at radius 3 is 2.50 bits per heavy atom. The molecule has 0 saturated carbocycles. The molecule has 0 N–H and O–H groups in total. The van der Waals surface area contributed by atoms with Gasteiger partial charge in [-0.3, -0.25) is 4.79 Å². The molecule has 2 rings (SSSR count). The van der Waals surface area contributed by atoms with Gasteiger partial charge in [0.25, 0.3) is 0 Å². The van der Waals surface area contributed by atoms with Gasteiger partial charge in [0.2, 0.25) is 0 Å². The number of hydrogen-bond donors (Lipinski definition) is 0. The summed E-state index contributed by atoms with van der Waals surface area (Å²) in [6.07, 6.45) is 1.01. The lowest BCUT2D eigenvalue weighted by Crippen LogP contribution is -2.04. The highest BCUT2D eigenvalue weighted by atomic mass is 79.9. The zero-order chi connectivity index (χ0) is 14.4. The molecule has 0 bridgehead atoms. The molecule has 0 saturated heterocycles. The smallest absolute Gasteiger partial charge is 0.163 e. The fourth-order valence-electron chi connectivity index (χ4n) is 1.76. The van der Waals surface area contributed by atoms with E-state index in [-0.39, 0.29) is 11.6 Å². The van der Waals surface area contributed by atoms with Crippen molar-refractivity contribution in [1.29, 1.82) is 0 Å². The Morgan fingerprint density at radius 1 is 1.10 bits per heavy atom. The van der Waals surface area contributed by atoms with Crippen LogP contribution in [0.5, 0.6) is 5.75 Å². The van der Waals surface area contributed by atoms with E-state index in [0.29, 0.717) is 25.0 Å². The number of carbonyl (C=O) groups excluding carboxylic acids is 1. The minimum absolute atomic E-state index is 0.000673. The first-order chi connectivity index (χ1) is 9.66. The zero-order valence-corrected chi connectivity index (χ0v) is 12.4. The second kappa shape index (κ2) is 7.20. The number of hydrogen-bond acceptors (Lipinski definition) is 2. The van der Waals surface area contributed by atoms with Crippen LogP contribution < -0.4 is 4.74 Å². The number of Topliss-reactive ketones (excluding diaryl/α,β-unsaturated/α-hetero) is 1. The predicted molar refractivity (Wildman–Crippen MR) is 79.6 cm³/mol. The van der Waals surface area contributed by atoms with Gasteiger partial charge in [0, 0.05) is 12.0 Å². The highest BCUT2D eigenvalue weighted by molar-refractivity contribution is 9.10. The first-order valence-corrected chi connectivity index (χ1v) is 7.12. The molecule has 4 heteroatoms. The van der Waals surface area contributed by atoms with Crippen molar-refractivity contribution < 1.29 is 13.9 Å². The lowest BCUT2D eigenvalue weighted by molar-refractivity contribution is 0.0973. The van der Waals surface area contributed by atoms with Crippen LogP contribution in [-0.4, -0.2) is 12.4 Å². The standard InChI is InChI=1S/C16H14BrFO2/c17-14-4-1-2-6-16(14)20-11-3-5-15(19)12-7-9-13(18)10-8-12/h1-2,4,6-10H,3,5,11H2. The minimum Gasteiger partial charge on any atom is -0.492 e. The van der Waals surface area contributed by atoms with E-state index >= 15 is 0 Å². The quantitative estimate of drug-likeness (QED) is 0.567. The molecular formula is C16H14BrFO2. The third-order valence-electron chi connectivity index (χ3n) is 2.81. The van der Waals surface area contributed by atoms with Crippen LogP contribution in [-0.2, 0) is 0 Å². The van der Waals surface area contributed by atoms with Crippen molar-refractivity contribution in [2.45, 2.75) is 12.8 Å². The topological polar surface area (TPSA) is 26.3 Å². The fraction of sp³-hybridized carbons (Fsp3) is 0.188. The lowest BCUT2D eigenvalue weighted by Gasteiger charge is -2.07. The van der Waals surface area contributed by atoms with E-state index in [9.17, 15) is 9.18 Å². The summed E-state index contributed by atoms with van der Waals surface area (Å²) in [5, 5.41) is 0. The van der Waals surface area contributed by atoms with Crippen LogP contribution in [0, 0.1) is 5.82 Å². The average Bonchev–Trinajstić information content (AvgIpc) is 2.46. The Morgan fingerprint density at radius 2 is 1.80 bits per heavy atom. The maximum atomic E-state index is 12.7. The van der Waals surface area contributed by atoms with E-state index < -0.39 is 0 Å². The lowest BCUT2D eigenvalue weighted by atomic mass is 10.1. The van der Waals surface area contributed by atoms with E-state index in [2.05, 4.69) is 15.9 Å². The Hall–Kier alpha value is -1.68. The number of para-hydroxylation sites is 1. The second-order valence-electron chi connectivity index (χ2n) is 4.31. The molecule has 2 aromatic rings. The SMILES string of the molecule is O=C(CCCOc1ccccc1Br)c1ccc(F)cc1. The largest absolute Gasteiger partial charge is 0.492 e. The van der Waals surface area contributed by atoms with Gasteiger partial charge in [-0.15, -0.1) is 0 Å². The van der Waals surface area contributed by atoms with Gasteiger partial charge in [0.15, 0.2) is 5.78 Å². The van der Waals surface area contributed by atoms with E-state index in [1.165, 1.54) is 24.3 Å². The van der Waals surface area contributed by atoms with Crippen molar-refractivity contribution in [2.75, 3.05) is 6.61 Å². The van der Waals surface area contributed by atoms with Gasteiger partial charge in [-0.05, 0) is 58.7 Å². The average molecular weight is 337 g/mol. The summed E-state index contributed by atoms with van der Waals surface area (Å²) in [7, 11) is 0. The number of halogens is 2. The molecule has 0 amide bonds. The molecule has 20 heavy (non-hydrogen) atoms. The van der Waals surface area contributed by atoms with E-state index in [1.54, 1.807) is 0 Å². The minimum atomic E-state index is -0.334. The van der Waals surface area contributed by atoms with Gasteiger partial charge in [-0.1, -0.05) is 12.1 Å². The third kappa shape index (κ3) is 4.17. The molecule has 104 valence electrons. The second-order valence-corrected chi connectivity index (χ2v) is 5.17. The highest BCUT2D eigenvalue weighted by Gasteiger charge is 2.06. The van der Waals surface area contributed by atoms with Crippen LogP contribution in [0.1, 0.15) is 23.2 Å². The fourth-order valence-corrected chi connectivity index (χ4v) is 2.16. The van der Waals surface area contributed by atoms with E-state index in [1.807, 2.05) is 24.3 Å². The summed E-state index contributed by atoms with van der Waals surface area (Å²) in [6, 6.07) is 13.2. The van der Waals surface area contributed by atoms with Gasteiger partial charge >= 0.3 is 0 Å². The molecule has 0 aliphatic carbocycles. The number of carbonyl (C=O) groups is 1. The summed E-state index contributed by atoms with van der Waals surface area (Å²) in [4.78, 5) is 11.8. The van der Waals surface area contributed by atoms with Gasteiger partial charge in [-0.25, -0.2) is 4.39 Å². The van der Waals surface area contributed by atoms with Crippen molar-refractivity contribution in [3.63, 3.8) is 0 Å². The zero-order valence-electron chi connectivity index (χ0n) is 10.8. The van der Waals surface area contributed by atoms with Crippen LogP contribution in [0.3, 0.4) is 0 Å². The van der Waals surface area contributed by atoms with Crippen molar-refractivity contribution in [1.82, 2.24) is 0 Å². The number of benzene rings is 2. The summed E-state index contributed by atoms with van der Waals surface area (Å²) >= 11 is 3.39. The first kappa shape index (κ1) is 14.7. The molecule has 0 radical (unpaired) electrons. The van der Waals surface area contributed by atoms with Crippen LogP contribution in [0.15, 0.2) is 53.0 Å². The Labute approximate surface area is 125 Å². The van der Waals surface area contributed by atoms with Crippen LogP contribution in [0.25, 0.3) is 0 Å². The number of ether oxygens (including phenoxy) is 1. The summed E-state index contributed by atoms with van der Waals surface area (Å²) < 4.78 is 19.2. The summed E-state index contributed by atoms with van der Waals surface area (Å²) in [5.74, 6) is 0.432. The van der Waals surface area contributed by atoms with Gasteiger partial charge in [0.1, 0.15) is 11.6 Å². The molecule has 0 spiro atoms. The van der Waals surface area contributed by atoms with Crippen molar-refractivity contribution >= 4 is 21.7 Å². The van der Waals surface area contributed by atoms with Crippen LogP contribution in [0.4, 0.5) is 4.39 Å². The highest BCUT2D eigenvalue weighted by Crippen LogP contribution is 2.23. The predicted octanol–water partition coefficient (Wildman–Crippen LogP) is 4.63. The van der Waals surface area contributed by atoms with Gasteiger partial charge in [-0.2, -0.15) is 0 Å². The van der Waals surface area contributed by atoms with Gasteiger partial charge in [0.05, 0.1) is 11.1 Å². The molecule has 0 fully saturated rings. The summed E-state index contributed by atoms with van der Waals surface area (Å²) in [5.41, 5.74) is 0.535. The molecule has 0 atom stereocenters. The van der Waals surface area contributed by atoms with Crippen LogP contribution in [0.2, 0.25) is 0 Å².